The minimum atomic E-state index is -3.29. The van der Waals surface area contributed by atoms with E-state index in [-0.39, 0.29) is 16.8 Å². The summed E-state index contributed by atoms with van der Waals surface area (Å²) >= 11 is 0. The molecule has 2 rings (SSSR count). The summed E-state index contributed by atoms with van der Waals surface area (Å²) < 4.78 is 24.1. The second-order valence-corrected chi connectivity index (χ2v) is 8.17. The Morgan fingerprint density at radius 1 is 1.29 bits per heavy atom. The van der Waals surface area contributed by atoms with Crippen LogP contribution < -0.4 is 5.32 Å². The normalized spacial score (nSPS) is 19.8. The largest absolute Gasteiger partial charge is 0.333 e. The Hall–Kier alpha value is -1.40. The van der Waals surface area contributed by atoms with Gasteiger partial charge in [0.2, 0.25) is 0 Å². The van der Waals surface area contributed by atoms with Crippen molar-refractivity contribution in [2.75, 3.05) is 19.6 Å². The summed E-state index contributed by atoms with van der Waals surface area (Å²) in [5.41, 5.74) is 0.534. The van der Waals surface area contributed by atoms with E-state index in [1.165, 1.54) is 12.1 Å². The van der Waals surface area contributed by atoms with Gasteiger partial charge in [0.1, 0.15) is 0 Å². The minimum Gasteiger partial charge on any atom is -0.333 e. The number of carbonyl (C=O) groups is 1. The predicted octanol–water partition coefficient (Wildman–Crippen LogP) is 1.30. The number of hydrogen-bond donors (Lipinski definition) is 1. The van der Waals surface area contributed by atoms with Crippen molar-refractivity contribution in [2.45, 2.75) is 37.0 Å². The van der Waals surface area contributed by atoms with Gasteiger partial charge in [-0.25, -0.2) is 8.42 Å². The summed E-state index contributed by atoms with van der Waals surface area (Å²) in [6.45, 7) is 7.54. The average Bonchev–Trinajstić information content (AvgIpc) is 2.47. The average molecular weight is 310 g/mol. The van der Waals surface area contributed by atoms with Crippen LogP contribution in [0.15, 0.2) is 29.2 Å². The third kappa shape index (κ3) is 3.27. The maximum atomic E-state index is 12.5. The molecule has 1 saturated heterocycles. The maximum absolute atomic E-state index is 12.5. The van der Waals surface area contributed by atoms with Crippen LogP contribution in [0.2, 0.25) is 0 Å². The van der Waals surface area contributed by atoms with Crippen LogP contribution in [0.5, 0.6) is 0 Å². The first-order valence-electron chi connectivity index (χ1n) is 7.19. The zero-order valence-electron chi connectivity index (χ0n) is 12.7. The molecule has 1 aliphatic rings. The highest BCUT2D eigenvalue weighted by Gasteiger charge is 2.25. The minimum absolute atomic E-state index is 0.0440. The van der Waals surface area contributed by atoms with Crippen molar-refractivity contribution in [1.82, 2.24) is 10.2 Å². The summed E-state index contributed by atoms with van der Waals surface area (Å²) in [6, 6.07) is 6.40. The Morgan fingerprint density at radius 3 is 2.43 bits per heavy atom. The van der Waals surface area contributed by atoms with Crippen LogP contribution in [-0.2, 0) is 9.84 Å². The van der Waals surface area contributed by atoms with Gasteiger partial charge >= 0.3 is 0 Å². The summed E-state index contributed by atoms with van der Waals surface area (Å²) in [6.07, 6.45) is 0. The molecule has 0 aromatic heterocycles. The quantitative estimate of drug-likeness (QED) is 0.914. The summed E-state index contributed by atoms with van der Waals surface area (Å²) in [7, 11) is -3.29. The number of sulfone groups is 1. The molecule has 0 radical (unpaired) electrons. The van der Waals surface area contributed by atoms with E-state index in [9.17, 15) is 13.2 Å². The van der Waals surface area contributed by atoms with E-state index in [0.29, 0.717) is 12.1 Å². The molecular formula is C15H22N2O3S. The number of hydrogen-bond acceptors (Lipinski definition) is 4. The number of benzene rings is 1. The summed E-state index contributed by atoms with van der Waals surface area (Å²) in [5, 5.41) is 2.77. The molecule has 1 heterocycles. The fraction of sp³-hybridized carbons (Fsp3) is 0.533. The van der Waals surface area contributed by atoms with E-state index in [1.807, 2.05) is 11.8 Å². The first kappa shape index (κ1) is 16.0. The molecule has 1 amide bonds. The molecule has 1 atom stereocenters. The second-order valence-electron chi connectivity index (χ2n) is 5.67. The van der Waals surface area contributed by atoms with Crippen LogP contribution in [0.25, 0.3) is 0 Å². The highest BCUT2D eigenvalue weighted by atomic mass is 32.2. The van der Waals surface area contributed by atoms with E-state index in [0.717, 1.165) is 13.1 Å². The molecule has 1 aromatic rings. The van der Waals surface area contributed by atoms with Crippen LogP contribution in [0.3, 0.4) is 0 Å². The lowest BCUT2D eigenvalue weighted by Crippen LogP contribution is -2.52. The van der Waals surface area contributed by atoms with E-state index >= 15 is 0 Å². The van der Waals surface area contributed by atoms with Crippen LogP contribution in [-0.4, -0.2) is 50.2 Å². The molecule has 0 aliphatic carbocycles. The van der Waals surface area contributed by atoms with Gasteiger partial charge in [-0.05, 0) is 45.0 Å². The van der Waals surface area contributed by atoms with Crippen molar-refractivity contribution in [3.63, 3.8) is 0 Å². The van der Waals surface area contributed by atoms with Gasteiger partial charge in [0.15, 0.2) is 9.84 Å². The molecule has 0 unspecified atom stereocenters. The van der Waals surface area contributed by atoms with Gasteiger partial charge in [-0.3, -0.25) is 4.79 Å². The number of nitrogens with one attached hydrogen (secondary N) is 1. The molecule has 6 heteroatoms. The van der Waals surface area contributed by atoms with Crippen LogP contribution >= 0.6 is 0 Å². The van der Waals surface area contributed by atoms with Gasteiger partial charge in [0.05, 0.1) is 10.1 Å². The summed E-state index contributed by atoms with van der Waals surface area (Å²) in [4.78, 5) is 14.5. The van der Waals surface area contributed by atoms with E-state index in [1.54, 1.807) is 26.0 Å². The summed E-state index contributed by atoms with van der Waals surface area (Å²) in [5.74, 6) is -0.0440. The number of amides is 1. The zero-order chi connectivity index (χ0) is 15.6. The Balaban J connectivity index is 2.21. The standard InChI is InChI=1S/C15H22N2O3S/c1-11(2)21(19,20)14-6-4-13(5-7-14)15(18)17-9-8-16-10-12(17)3/h4-7,11-12,16H,8-10H2,1-3H3/t12-/m0/s1. The molecule has 1 aliphatic heterocycles. The lowest BCUT2D eigenvalue weighted by molar-refractivity contribution is 0.0655. The monoisotopic (exact) mass is 310 g/mol. The van der Waals surface area contributed by atoms with Crippen molar-refractivity contribution in [1.29, 1.82) is 0 Å². The van der Waals surface area contributed by atoms with Crippen molar-refractivity contribution in [3.05, 3.63) is 29.8 Å². The molecule has 5 nitrogen and oxygen atoms in total. The Bertz CT molecular complexity index is 608. The fourth-order valence-electron chi connectivity index (χ4n) is 2.37. The Kier molecular flexibility index (Phi) is 4.68. The first-order valence-corrected chi connectivity index (χ1v) is 8.74. The van der Waals surface area contributed by atoms with Gasteiger partial charge < -0.3 is 10.2 Å². The lowest BCUT2D eigenvalue weighted by atomic mass is 10.1. The predicted molar refractivity (Wildman–Crippen MR) is 82.1 cm³/mol. The van der Waals surface area contributed by atoms with Gasteiger partial charge in [0, 0.05) is 31.2 Å². The van der Waals surface area contributed by atoms with Gasteiger partial charge in [-0.2, -0.15) is 0 Å². The molecule has 1 fully saturated rings. The smallest absolute Gasteiger partial charge is 0.254 e. The van der Waals surface area contributed by atoms with Crippen LogP contribution in [0, 0.1) is 0 Å². The van der Waals surface area contributed by atoms with E-state index in [2.05, 4.69) is 5.32 Å². The topological polar surface area (TPSA) is 66.5 Å². The number of rotatable bonds is 3. The molecule has 116 valence electrons. The lowest BCUT2D eigenvalue weighted by Gasteiger charge is -2.34. The third-order valence-corrected chi connectivity index (χ3v) is 5.98. The van der Waals surface area contributed by atoms with Crippen LogP contribution in [0.4, 0.5) is 0 Å². The number of carbonyl (C=O) groups excluding carboxylic acids is 1. The van der Waals surface area contributed by atoms with Crippen molar-refractivity contribution >= 4 is 15.7 Å². The molecule has 0 spiro atoms. The number of nitrogens with zero attached hydrogens (tertiary/aromatic N) is 1. The molecule has 21 heavy (non-hydrogen) atoms. The van der Waals surface area contributed by atoms with Crippen molar-refractivity contribution in [3.8, 4) is 0 Å². The van der Waals surface area contributed by atoms with Crippen molar-refractivity contribution in [2.24, 2.45) is 0 Å². The highest BCUT2D eigenvalue weighted by Crippen LogP contribution is 2.18. The van der Waals surface area contributed by atoms with Gasteiger partial charge in [0.25, 0.3) is 5.91 Å². The second kappa shape index (κ2) is 6.15. The van der Waals surface area contributed by atoms with Gasteiger partial charge in [-0.1, -0.05) is 0 Å². The van der Waals surface area contributed by atoms with E-state index in [4.69, 9.17) is 0 Å². The maximum Gasteiger partial charge on any atom is 0.254 e. The molecule has 0 bridgehead atoms. The highest BCUT2D eigenvalue weighted by molar-refractivity contribution is 7.92. The van der Waals surface area contributed by atoms with E-state index < -0.39 is 15.1 Å². The zero-order valence-corrected chi connectivity index (χ0v) is 13.5. The van der Waals surface area contributed by atoms with Gasteiger partial charge in [-0.15, -0.1) is 0 Å². The Labute approximate surface area is 126 Å². The molecule has 1 N–H and O–H groups in total. The first-order chi connectivity index (χ1) is 9.84. The molecular weight excluding hydrogens is 288 g/mol. The number of piperazine rings is 1. The van der Waals surface area contributed by atoms with Crippen molar-refractivity contribution < 1.29 is 13.2 Å². The van der Waals surface area contributed by atoms with Crippen LogP contribution in [0.1, 0.15) is 31.1 Å². The fourth-order valence-corrected chi connectivity index (χ4v) is 3.43. The third-order valence-electron chi connectivity index (χ3n) is 3.81. The SMILES string of the molecule is CC(C)S(=O)(=O)c1ccc(C(=O)N2CCNC[C@@H]2C)cc1. The molecule has 1 aromatic carbocycles. The molecule has 0 saturated carbocycles. The Morgan fingerprint density at radius 2 is 1.90 bits per heavy atom.